The number of amides is 1. The molecule has 0 aliphatic carbocycles. The molecule has 2 aromatic carbocycles. The standard InChI is InChI=1S/C19H17ClN4O3/c1-27-16-5-3-2-4-15(16)18(25)22-10-11-23-17(12-22)21-24(19(23)26)14-8-6-13(20)7-9-14/h2-9H,10-12H2,1H3. The lowest BCUT2D eigenvalue weighted by Gasteiger charge is -2.27. The number of aromatic nitrogens is 3. The van der Waals surface area contributed by atoms with Crippen molar-refractivity contribution in [2.45, 2.75) is 13.1 Å². The second kappa shape index (κ2) is 6.92. The number of ether oxygens (including phenoxy) is 1. The summed E-state index contributed by atoms with van der Waals surface area (Å²) in [6.07, 6.45) is 0. The number of methoxy groups -OCH3 is 1. The molecule has 0 saturated carbocycles. The van der Waals surface area contributed by atoms with Crippen molar-refractivity contribution in [3.8, 4) is 11.4 Å². The quantitative estimate of drug-likeness (QED) is 0.695. The lowest BCUT2D eigenvalue weighted by Crippen LogP contribution is -2.41. The highest BCUT2D eigenvalue weighted by atomic mass is 35.5. The first kappa shape index (κ1) is 17.4. The average molecular weight is 385 g/mol. The number of nitrogens with zero attached hydrogens (tertiary/aromatic N) is 4. The lowest BCUT2D eigenvalue weighted by molar-refractivity contribution is 0.0703. The van der Waals surface area contributed by atoms with Crippen molar-refractivity contribution in [3.63, 3.8) is 0 Å². The second-order valence-corrected chi connectivity index (χ2v) is 6.60. The minimum atomic E-state index is -0.225. The molecule has 0 saturated heterocycles. The molecule has 0 N–H and O–H groups in total. The van der Waals surface area contributed by atoms with E-state index in [9.17, 15) is 9.59 Å². The zero-order valence-corrected chi connectivity index (χ0v) is 15.4. The first-order valence-electron chi connectivity index (χ1n) is 8.45. The van der Waals surface area contributed by atoms with Gasteiger partial charge in [0.1, 0.15) is 5.75 Å². The van der Waals surface area contributed by atoms with Crippen LogP contribution in [-0.2, 0) is 13.1 Å². The molecule has 0 atom stereocenters. The van der Waals surface area contributed by atoms with Gasteiger partial charge < -0.3 is 9.64 Å². The van der Waals surface area contributed by atoms with Crippen LogP contribution in [0, 0.1) is 0 Å². The Morgan fingerprint density at radius 1 is 1.11 bits per heavy atom. The number of carbonyl (C=O) groups is 1. The van der Waals surface area contributed by atoms with Gasteiger partial charge in [0, 0.05) is 18.1 Å². The van der Waals surface area contributed by atoms with Crippen LogP contribution in [-0.4, -0.2) is 38.8 Å². The van der Waals surface area contributed by atoms with Gasteiger partial charge in [-0.05, 0) is 36.4 Å². The maximum absolute atomic E-state index is 12.9. The largest absolute Gasteiger partial charge is 0.496 e. The highest BCUT2D eigenvalue weighted by Gasteiger charge is 2.27. The van der Waals surface area contributed by atoms with E-state index in [1.807, 2.05) is 6.07 Å². The lowest BCUT2D eigenvalue weighted by atomic mass is 10.1. The van der Waals surface area contributed by atoms with E-state index in [4.69, 9.17) is 16.3 Å². The predicted octanol–water partition coefficient (Wildman–Crippen LogP) is 2.35. The Bertz CT molecular complexity index is 1060. The molecule has 1 aliphatic heterocycles. The Morgan fingerprint density at radius 3 is 2.59 bits per heavy atom. The molecule has 0 radical (unpaired) electrons. The van der Waals surface area contributed by atoms with Crippen LogP contribution in [0.2, 0.25) is 5.02 Å². The van der Waals surface area contributed by atoms with Crippen LogP contribution < -0.4 is 10.4 Å². The summed E-state index contributed by atoms with van der Waals surface area (Å²) >= 11 is 5.91. The average Bonchev–Trinajstić information content (AvgIpc) is 3.04. The zero-order valence-electron chi connectivity index (χ0n) is 14.6. The van der Waals surface area contributed by atoms with Gasteiger partial charge in [-0.2, -0.15) is 4.68 Å². The molecular formula is C19H17ClN4O3. The van der Waals surface area contributed by atoms with E-state index in [1.165, 1.54) is 11.8 Å². The van der Waals surface area contributed by atoms with Crippen LogP contribution in [0.15, 0.2) is 53.3 Å². The smallest absolute Gasteiger partial charge is 0.350 e. The van der Waals surface area contributed by atoms with Crippen molar-refractivity contribution in [2.24, 2.45) is 0 Å². The van der Waals surface area contributed by atoms with Gasteiger partial charge in [0.25, 0.3) is 5.91 Å². The van der Waals surface area contributed by atoms with Gasteiger partial charge in [-0.1, -0.05) is 23.7 Å². The Balaban J connectivity index is 1.64. The SMILES string of the molecule is COc1ccccc1C(=O)N1CCn2c(nn(-c3ccc(Cl)cc3)c2=O)C1. The minimum Gasteiger partial charge on any atom is -0.496 e. The summed E-state index contributed by atoms with van der Waals surface area (Å²) in [5.41, 5.74) is 0.901. The molecule has 7 nitrogen and oxygen atoms in total. The van der Waals surface area contributed by atoms with E-state index in [-0.39, 0.29) is 18.1 Å². The van der Waals surface area contributed by atoms with Crippen LogP contribution in [0.3, 0.4) is 0 Å². The van der Waals surface area contributed by atoms with Crippen LogP contribution in [0.4, 0.5) is 0 Å². The highest BCUT2D eigenvalue weighted by Crippen LogP contribution is 2.21. The van der Waals surface area contributed by atoms with E-state index in [2.05, 4.69) is 5.10 Å². The third kappa shape index (κ3) is 3.10. The van der Waals surface area contributed by atoms with Crippen molar-refractivity contribution >= 4 is 17.5 Å². The summed E-state index contributed by atoms with van der Waals surface area (Å²) in [6.45, 7) is 1.07. The summed E-state index contributed by atoms with van der Waals surface area (Å²) in [5.74, 6) is 0.925. The molecule has 0 bridgehead atoms. The minimum absolute atomic E-state index is 0.146. The molecule has 0 spiro atoms. The number of fused-ring (bicyclic) bond motifs is 1. The van der Waals surface area contributed by atoms with E-state index >= 15 is 0 Å². The number of halogens is 1. The van der Waals surface area contributed by atoms with E-state index < -0.39 is 0 Å². The molecule has 0 fully saturated rings. The van der Waals surface area contributed by atoms with Crippen molar-refractivity contribution in [2.75, 3.05) is 13.7 Å². The first-order chi connectivity index (χ1) is 13.1. The van der Waals surface area contributed by atoms with Crippen LogP contribution in [0.1, 0.15) is 16.2 Å². The Labute approximate surface area is 160 Å². The summed E-state index contributed by atoms with van der Waals surface area (Å²) in [7, 11) is 1.54. The van der Waals surface area contributed by atoms with E-state index in [0.29, 0.717) is 40.9 Å². The molecule has 8 heteroatoms. The molecule has 3 aromatic rings. The topological polar surface area (TPSA) is 69.4 Å². The van der Waals surface area contributed by atoms with Crippen molar-refractivity contribution in [1.29, 1.82) is 0 Å². The van der Waals surface area contributed by atoms with Gasteiger partial charge in [-0.3, -0.25) is 9.36 Å². The normalized spacial score (nSPS) is 13.3. The van der Waals surface area contributed by atoms with Gasteiger partial charge in [0.15, 0.2) is 5.82 Å². The van der Waals surface area contributed by atoms with Crippen molar-refractivity contribution in [3.05, 3.63) is 75.4 Å². The van der Waals surface area contributed by atoms with E-state index in [1.54, 1.807) is 51.9 Å². The maximum atomic E-state index is 12.9. The molecule has 1 aliphatic rings. The van der Waals surface area contributed by atoms with Crippen LogP contribution in [0.5, 0.6) is 5.75 Å². The summed E-state index contributed by atoms with van der Waals surface area (Å²) in [6, 6.07) is 14.0. The first-order valence-corrected chi connectivity index (χ1v) is 8.83. The summed E-state index contributed by atoms with van der Waals surface area (Å²) < 4.78 is 8.22. The van der Waals surface area contributed by atoms with Gasteiger partial charge in [-0.15, -0.1) is 5.10 Å². The van der Waals surface area contributed by atoms with Crippen molar-refractivity contribution in [1.82, 2.24) is 19.2 Å². The number of para-hydroxylation sites is 1. The fourth-order valence-electron chi connectivity index (χ4n) is 3.16. The monoisotopic (exact) mass is 384 g/mol. The molecule has 1 amide bonds. The van der Waals surface area contributed by atoms with Gasteiger partial charge in [-0.25, -0.2) is 4.79 Å². The highest BCUT2D eigenvalue weighted by molar-refractivity contribution is 6.30. The third-order valence-corrected chi connectivity index (χ3v) is 4.81. The number of carbonyl (C=O) groups excluding carboxylic acids is 1. The van der Waals surface area contributed by atoms with Crippen molar-refractivity contribution < 1.29 is 9.53 Å². The summed E-state index contributed by atoms with van der Waals surface area (Å²) in [4.78, 5) is 27.2. The summed E-state index contributed by atoms with van der Waals surface area (Å²) in [5, 5.41) is 5.01. The molecule has 2 heterocycles. The Morgan fingerprint density at radius 2 is 1.85 bits per heavy atom. The van der Waals surface area contributed by atoms with Gasteiger partial charge >= 0.3 is 5.69 Å². The number of hydrogen-bond donors (Lipinski definition) is 0. The zero-order chi connectivity index (χ0) is 19.0. The number of rotatable bonds is 3. The van der Waals surface area contributed by atoms with Gasteiger partial charge in [0.05, 0.1) is 24.9 Å². The molecular weight excluding hydrogens is 368 g/mol. The van der Waals surface area contributed by atoms with Gasteiger partial charge in [0.2, 0.25) is 0 Å². The molecule has 4 rings (SSSR count). The fraction of sp³-hybridized carbons (Fsp3) is 0.211. The molecule has 0 unspecified atom stereocenters. The van der Waals surface area contributed by atoms with Crippen LogP contribution >= 0.6 is 11.6 Å². The fourth-order valence-corrected chi connectivity index (χ4v) is 3.29. The maximum Gasteiger partial charge on any atom is 0.350 e. The second-order valence-electron chi connectivity index (χ2n) is 6.17. The predicted molar refractivity (Wildman–Crippen MR) is 101 cm³/mol. The third-order valence-electron chi connectivity index (χ3n) is 4.56. The number of hydrogen-bond acceptors (Lipinski definition) is 4. The molecule has 27 heavy (non-hydrogen) atoms. The number of benzene rings is 2. The molecule has 1 aromatic heterocycles. The van der Waals surface area contributed by atoms with E-state index in [0.717, 1.165) is 0 Å². The Kier molecular flexibility index (Phi) is 4.45. The molecule has 138 valence electrons. The Hall–Kier alpha value is -3.06. The van der Waals surface area contributed by atoms with Crippen LogP contribution in [0.25, 0.3) is 5.69 Å².